The van der Waals surface area contributed by atoms with Crippen molar-refractivity contribution in [3.05, 3.63) is 72.4 Å². The highest BCUT2D eigenvalue weighted by molar-refractivity contribution is 5.79. The summed E-state index contributed by atoms with van der Waals surface area (Å²) in [7, 11) is 0. The number of rotatable bonds is 3. The standard InChI is InChI=1S/C19H16F3N3O/c20-19(21,22)14-5-7-15(8-6-14)25-10-9-24(12-16-11-23-13-26-16)17-3-1-2-4-18(17)25/h1-8,11,13H,9-10,12H2. The number of anilines is 3. The van der Waals surface area contributed by atoms with E-state index in [0.717, 1.165) is 41.5 Å². The molecule has 0 radical (unpaired) electrons. The van der Waals surface area contributed by atoms with Gasteiger partial charge in [-0.05, 0) is 36.4 Å². The van der Waals surface area contributed by atoms with E-state index in [1.807, 2.05) is 29.2 Å². The predicted octanol–water partition coefficient (Wildman–Crippen LogP) is 4.85. The number of benzene rings is 2. The predicted molar refractivity (Wildman–Crippen MR) is 92.4 cm³/mol. The van der Waals surface area contributed by atoms with Crippen LogP contribution in [0.3, 0.4) is 0 Å². The smallest absolute Gasteiger partial charge is 0.416 e. The van der Waals surface area contributed by atoms with Crippen LogP contribution in [0.2, 0.25) is 0 Å². The molecule has 3 aromatic rings. The van der Waals surface area contributed by atoms with Crippen LogP contribution < -0.4 is 9.80 Å². The first-order valence-corrected chi connectivity index (χ1v) is 8.18. The molecule has 0 spiro atoms. The largest absolute Gasteiger partial charge is 0.447 e. The van der Waals surface area contributed by atoms with Crippen LogP contribution in [0.5, 0.6) is 0 Å². The molecule has 2 heterocycles. The number of para-hydroxylation sites is 2. The molecule has 4 rings (SSSR count). The molecule has 7 heteroatoms. The van der Waals surface area contributed by atoms with Crippen LogP contribution in [0.15, 0.2) is 65.5 Å². The normalized spacial score (nSPS) is 14.4. The minimum atomic E-state index is -4.33. The van der Waals surface area contributed by atoms with Gasteiger partial charge in [-0.25, -0.2) is 4.98 Å². The van der Waals surface area contributed by atoms with Gasteiger partial charge >= 0.3 is 6.18 Å². The number of fused-ring (bicyclic) bond motifs is 1. The second-order valence-corrected chi connectivity index (χ2v) is 6.07. The molecule has 0 saturated carbocycles. The molecule has 0 saturated heterocycles. The molecule has 0 N–H and O–H groups in total. The third kappa shape index (κ3) is 3.12. The highest BCUT2D eigenvalue weighted by Crippen LogP contribution is 2.39. The third-order valence-corrected chi connectivity index (χ3v) is 4.44. The third-order valence-electron chi connectivity index (χ3n) is 4.44. The molecule has 134 valence electrons. The van der Waals surface area contributed by atoms with E-state index in [1.165, 1.54) is 18.5 Å². The van der Waals surface area contributed by atoms with Gasteiger partial charge in [-0.2, -0.15) is 13.2 Å². The first kappa shape index (κ1) is 16.5. The van der Waals surface area contributed by atoms with Crippen LogP contribution in [0.4, 0.5) is 30.2 Å². The van der Waals surface area contributed by atoms with Crippen LogP contribution in [0.1, 0.15) is 11.3 Å². The van der Waals surface area contributed by atoms with E-state index in [2.05, 4.69) is 9.88 Å². The fourth-order valence-electron chi connectivity index (χ4n) is 3.19. The van der Waals surface area contributed by atoms with Crippen LogP contribution in [-0.4, -0.2) is 18.1 Å². The van der Waals surface area contributed by atoms with Crippen molar-refractivity contribution in [2.45, 2.75) is 12.7 Å². The van der Waals surface area contributed by atoms with Gasteiger partial charge in [0.25, 0.3) is 0 Å². The van der Waals surface area contributed by atoms with Gasteiger partial charge in [-0.3, -0.25) is 0 Å². The fourth-order valence-corrected chi connectivity index (χ4v) is 3.19. The lowest BCUT2D eigenvalue weighted by Crippen LogP contribution is -2.38. The van der Waals surface area contributed by atoms with Crippen molar-refractivity contribution in [1.29, 1.82) is 0 Å². The van der Waals surface area contributed by atoms with Gasteiger partial charge in [0, 0.05) is 18.8 Å². The average Bonchev–Trinajstić information content (AvgIpc) is 3.15. The second kappa shape index (κ2) is 6.40. The first-order chi connectivity index (χ1) is 12.5. The summed E-state index contributed by atoms with van der Waals surface area (Å²) < 4.78 is 43.7. The molecule has 0 fully saturated rings. The number of hydrogen-bond donors (Lipinski definition) is 0. The Balaban J connectivity index is 1.64. The Hall–Kier alpha value is -2.96. The molecule has 0 bridgehead atoms. The monoisotopic (exact) mass is 359 g/mol. The molecule has 1 aromatic heterocycles. The van der Waals surface area contributed by atoms with Crippen molar-refractivity contribution in [3.63, 3.8) is 0 Å². The van der Waals surface area contributed by atoms with Gasteiger partial charge < -0.3 is 14.2 Å². The van der Waals surface area contributed by atoms with Gasteiger partial charge in [-0.1, -0.05) is 12.1 Å². The Morgan fingerprint density at radius 2 is 1.69 bits per heavy atom. The lowest BCUT2D eigenvalue weighted by Gasteiger charge is -2.38. The summed E-state index contributed by atoms with van der Waals surface area (Å²) in [6, 6.07) is 13.1. The molecule has 0 amide bonds. The maximum Gasteiger partial charge on any atom is 0.416 e. The molecular weight excluding hydrogens is 343 g/mol. The Morgan fingerprint density at radius 1 is 0.962 bits per heavy atom. The Kier molecular flexibility index (Phi) is 4.06. The van der Waals surface area contributed by atoms with Crippen LogP contribution in [0, 0.1) is 0 Å². The van der Waals surface area contributed by atoms with Gasteiger partial charge in [0.05, 0.1) is 29.7 Å². The van der Waals surface area contributed by atoms with Crippen molar-refractivity contribution in [1.82, 2.24) is 4.98 Å². The summed E-state index contributed by atoms with van der Waals surface area (Å²) in [5.41, 5.74) is 2.07. The van der Waals surface area contributed by atoms with Crippen molar-refractivity contribution in [2.24, 2.45) is 0 Å². The van der Waals surface area contributed by atoms with Crippen LogP contribution in [-0.2, 0) is 12.7 Å². The lowest BCUT2D eigenvalue weighted by atomic mass is 10.1. The minimum absolute atomic E-state index is 0.595. The lowest BCUT2D eigenvalue weighted by molar-refractivity contribution is -0.137. The van der Waals surface area contributed by atoms with Crippen molar-refractivity contribution in [3.8, 4) is 0 Å². The molecule has 1 aliphatic heterocycles. The summed E-state index contributed by atoms with van der Waals surface area (Å²) in [4.78, 5) is 8.15. The zero-order valence-electron chi connectivity index (χ0n) is 13.8. The number of halogens is 3. The van der Waals surface area contributed by atoms with E-state index in [1.54, 1.807) is 6.20 Å². The number of hydrogen-bond acceptors (Lipinski definition) is 4. The number of oxazole rings is 1. The zero-order chi connectivity index (χ0) is 18.1. The topological polar surface area (TPSA) is 32.5 Å². The van der Waals surface area contributed by atoms with E-state index in [0.29, 0.717) is 13.1 Å². The SMILES string of the molecule is FC(F)(F)c1ccc(N2CCN(Cc3cnco3)c3ccccc32)cc1. The first-order valence-electron chi connectivity index (χ1n) is 8.18. The average molecular weight is 359 g/mol. The highest BCUT2D eigenvalue weighted by Gasteiger charge is 2.31. The molecule has 0 atom stereocenters. The van der Waals surface area contributed by atoms with Crippen molar-refractivity contribution in [2.75, 3.05) is 22.9 Å². The second-order valence-electron chi connectivity index (χ2n) is 6.07. The molecule has 4 nitrogen and oxygen atoms in total. The summed E-state index contributed by atoms with van der Waals surface area (Å²) >= 11 is 0. The van der Waals surface area contributed by atoms with Gasteiger partial charge in [0.2, 0.25) is 0 Å². The molecule has 2 aromatic carbocycles. The van der Waals surface area contributed by atoms with E-state index >= 15 is 0 Å². The summed E-state index contributed by atoms with van der Waals surface area (Å²) in [6.45, 7) is 1.98. The van der Waals surface area contributed by atoms with E-state index < -0.39 is 11.7 Å². The Morgan fingerprint density at radius 3 is 2.35 bits per heavy atom. The molecular formula is C19H16F3N3O. The maximum absolute atomic E-state index is 12.8. The number of alkyl halides is 3. The highest BCUT2D eigenvalue weighted by atomic mass is 19.4. The minimum Gasteiger partial charge on any atom is -0.447 e. The van der Waals surface area contributed by atoms with Crippen LogP contribution in [0.25, 0.3) is 0 Å². The van der Waals surface area contributed by atoms with E-state index in [-0.39, 0.29) is 0 Å². The Bertz CT molecular complexity index is 876. The van der Waals surface area contributed by atoms with Crippen molar-refractivity contribution < 1.29 is 17.6 Å². The quantitative estimate of drug-likeness (QED) is 0.669. The molecule has 26 heavy (non-hydrogen) atoms. The van der Waals surface area contributed by atoms with Crippen LogP contribution >= 0.6 is 0 Å². The Labute approximate surface area is 148 Å². The van der Waals surface area contributed by atoms with E-state index in [9.17, 15) is 13.2 Å². The number of nitrogens with zero attached hydrogens (tertiary/aromatic N) is 3. The zero-order valence-corrected chi connectivity index (χ0v) is 13.8. The van der Waals surface area contributed by atoms with Crippen molar-refractivity contribution >= 4 is 17.1 Å². The fraction of sp³-hybridized carbons (Fsp3) is 0.211. The van der Waals surface area contributed by atoms with Gasteiger partial charge in [-0.15, -0.1) is 0 Å². The van der Waals surface area contributed by atoms with Gasteiger partial charge in [0.15, 0.2) is 6.39 Å². The summed E-state index contributed by atoms with van der Waals surface area (Å²) in [5.74, 6) is 0.766. The van der Waals surface area contributed by atoms with Gasteiger partial charge in [0.1, 0.15) is 5.76 Å². The summed E-state index contributed by atoms with van der Waals surface area (Å²) in [6.07, 6.45) is -1.24. The van der Waals surface area contributed by atoms with E-state index in [4.69, 9.17) is 4.42 Å². The molecule has 0 unspecified atom stereocenters. The molecule has 1 aliphatic rings. The maximum atomic E-state index is 12.8. The number of aromatic nitrogens is 1. The summed E-state index contributed by atoms with van der Waals surface area (Å²) in [5, 5.41) is 0. The molecule has 0 aliphatic carbocycles.